The lowest BCUT2D eigenvalue weighted by Gasteiger charge is -1.96. The zero-order chi connectivity index (χ0) is 5.21. The fourth-order valence-electron chi connectivity index (χ4n) is 0. The maximum Gasteiger partial charge on any atom is 0.525 e. The van der Waals surface area contributed by atoms with Gasteiger partial charge >= 0.3 is 6.36 Å². The largest absolute Gasteiger partial charge is 0.525 e. The van der Waals surface area contributed by atoms with E-state index in [1.807, 2.05) is 0 Å². The molecule has 0 aromatic rings. The van der Waals surface area contributed by atoms with Crippen LogP contribution in [-0.4, -0.2) is 6.36 Å². The third-order valence-corrected chi connectivity index (χ3v) is 0.401. The van der Waals surface area contributed by atoms with E-state index in [9.17, 15) is 13.2 Å². The lowest BCUT2D eigenvalue weighted by Crippen LogP contribution is -2.04. The maximum atomic E-state index is 10.5. The molecule has 1 unspecified atom stereocenters. The molecule has 7 heteroatoms. The standard InChI is InChI=1S/CH2F3OP.2ClH/c2-1(3,4)5-6;;/h6H2;2*1H. The van der Waals surface area contributed by atoms with E-state index >= 15 is 0 Å². The summed E-state index contributed by atoms with van der Waals surface area (Å²) in [4.78, 5) is 0. The Balaban J connectivity index is -0.000000125. The van der Waals surface area contributed by atoms with E-state index < -0.39 is 6.36 Å². The summed E-state index contributed by atoms with van der Waals surface area (Å²) in [5.74, 6) is 0. The van der Waals surface area contributed by atoms with Gasteiger partial charge in [-0.25, -0.2) is 0 Å². The van der Waals surface area contributed by atoms with Crippen LogP contribution >= 0.6 is 34.3 Å². The first-order valence-electron chi connectivity index (χ1n) is 1.01. The van der Waals surface area contributed by atoms with Crippen LogP contribution in [0.5, 0.6) is 0 Å². The molecule has 0 amide bonds. The van der Waals surface area contributed by atoms with Crippen LogP contribution in [0.4, 0.5) is 13.2 Å². The van der Waals surface area contributed by atoms with Gasteiger partial charge in [0.05, 0.1) is 0 Å². The lowest BCUT2D eigenvalue weighted by molar-refractivity contribution is -0.268. The van der Waals surface area contributed by atoms with Gasteiger partial charge in [0.25, 0.3) is 0 Å². The van der Waals surface area contributed by atoms with E-state index in [0.29, 0.717) is 0 Å². The topological polar surface area (TPSA) is 9.23 Å². The molecule has 0 aliphatic carbocycles. The highest BCUT2D eigenvalue weighted by Gasteiger charge is 2.26. The molecule has 0 radical (unpaired) electrons. The molecule has 8 heavy (non-hydrogen) atoms. The number of hydrogen-bond donors (Lipinski definition) is 0. The molecular weight excluding hydrogens is 187 g/mol. The van der Waals surface area contributed by atoms with Gasteiger partial charge < -0.3 is 0 Å². The third kappa shape index (κ3) is 15.9. The van der Waals surface area contributed by atoms with Gasteiger partial charge in [0.15, 0.2) is 0 Å². The summed E-state index contributed by atoms with van der Waals surface area (Å²) in [6, 6.07) is 0. The van der Waals surface area contributed by atoms with Gasteiger partial charge in [-0.15, -0.1) is 38.0 Å². The molecule has 0 saturated heterocycles. The molecule has 0 bridgehead atoms. The molecule has 0 saturated carbocycles. The van der Waals surface area contributed by atoms with E-state index in [4.69, 9.17) is 0 Å². The molecule has 0 aliphatic heterocycles. The molecular formula is CH4Cl2F3OP. The summed E-state index contributed by atoms with van der Waals surface area (Å²) in [6.07, 6.45) is -4.50. The van der Waals surface area contributed by atoms with Crippen molar-refractivity contribution in [2.75, 3.05) is 0 Å². The Morgan fingerprint density at radius 1 is 1.12 bits per heavy atom. The number of rotatable bonds is 0. The highest BCUT2D eigenvalue weighted by molar-refractivity contribution is 7.09. The van der Waals surface area contributed by atoms with Crippen molar-refractivity contribution in [1.29, 1.82) is 0 Å². The minimum atomic E-state index is -4.50. The number of halogens is 5. The second-order valence-corrected chi connectivity index (χ2v) is 0.799. The smallest absolute Gasteiger partial charge is 0.275 e. The number of hydrogen-bond acceptors (Lipinski definition) is 1. The van der Waals surface area contributed by atoms with Crippen molar-refractivity contribution in [3.05, 3.63) is 0 Å². The van der Waals surface area contributed by atoms with Gasteiger partial charge in [-0.05, 0) is 0 Å². The summed E-state index contributed by atoms with van der Waals surface area (Å²) in [7, 11) is 1.10. The monoisotopic (exact) mass is 190 g/mol. The van der Waals surface area contributed by atoms with E-state index in [1.165, 1.54) is 0 Å². The second-order valence-electron chi connectivity index (χ2n) is 0.564. The van der Waals surface area contributed by atoms with Gasteiger partial charge in [-0.1, -0.05) is 0 Å². The summed E-state index contributed by atoms with van der Waals surface area (Å²) in [5.41, 5.74) is 0. The molecule has 0 heterocycles. The average molecular weight is 191 g/mol. The van der Waals surface area contributed by atoms with Crippen LogP contribution in [0.2, 0.25) is 0 Å². The first-order valence-corrected chi connectivity index (χ1v) is 1.48. The molecule has 0 aromatic heterocycles. The molecule has 1 nitrogen and oxygen atoms in total. The molecule has 0 aromatic carbocycles. The fourth-order valence-corrected chi connectivity index (χ4v) is 0. The Morgan fingerprint density at radius 2 is 1.25 bits per heavy atom. The Labute approximate surface area is 59.1 Å². The Kier molecular flexibility index (Phi) is 11.7. The van der Waals surface area contributed by atoms with Crippen LogP contribution in [0.1, 0.15) is 0 Å². The van der Waals surface area contributed by atoms with Crippen molar-refractivity contribution in [2.45, 2.75) is 6.36 Å². The quantitative estimate of drug-likeness (QED) is 0.533. The van der Waals surface area contributed by atoms with Gasteiger partial charge in [-0.2, -0.15) is 0 Å². The SMILES string of the molecule is Cl.Cl.FC(F)(F)OP. The van der Waals surface area contributed by atoms with Crippen molar-refractivity contribution in [3.8, 4) is 0 Å². The van der Waals surface area contributed by atoms with E-state index in [-0.39, 0.29) is 24.8 Å². The van der Waals surface area contributed by atoms with Gasteiger partial charge in [0, 0.05) is 9.47 Å². The predicted molar refractivity (Wildman–Crippen MR) is 31.3 cm³/mol. The van der Waals surface area contributed by atoms with Crippen molar-refractivity contribution in [2.24, 2.45) is 0 Å². The fraction of sp³-hybridized carbons (Fsp3) is 1.00. The normalized spacial score (nSPS) is 9.00. The van der Waals surface area contributed by atoms with Crippen LogP contribution in [0.25, 0.3) is 0 Å². The maximum absolute atomic E-state index is 10.5. The molecule has 54 valence electrons. The third-order valence-electron chi connectivity index (χ3n) is 0.134. The van der Waals surface area contributed by atoms with E-state index in [1.54, 1.807) is 0 Å². The van der Waals surface area contributed by atoms with E-state index in [0.717, 1.165) is 9.47 Å². The molecule has 0 rings (SSSR count). The zero-order valence-electron chi connectivity index (χ0n) is 3.44. The first kappa shape index (κ1) is 15.9. The van der Waals surface area contributed by atoms with Crippen LogP contribution in [-0.2, 0) is 4.52 Å². The Morgan fingerprint density at radius 3 is 1.25 bits per heavy atom. The van der Waals surface area contributed by atoms with Crippen molar-refractivity contribution in [1.82, 2.24) is 0 Å². The van der Waals surface area contributed by atoms with Gasteiger partial charge in [-0.3, -0.25) is 4.52 Å². The van der Waals surface area contributed by atoms with Crippen LogP contribution in [0, 0.1) is 0 Å². The van der Waals surface area contributed by atoms with Gasteiger partial charge in [0.2, 0.25) is 0 Å². The van der Waals surface area contributed by atoms with Crippen LogP contribution in [0.3, 0.4) is 0 Å². The van der Waals surface area contributed by atoms with Gasteiger partial charge in [0.1, 0.15) is 0 Å². The molecule has 0 N–H and O–H groups in total. The van der Waals surface area contributed by atoms with Crippen LogP contribution in [0.15, 0.2) is 0 Å². The molecule has 0 aliphatic rings. The highest BCUT2D eigenvalue weighted by atomic mass is 35.5. The Hall–Kier alpha value is 0.760. The van der Waals surface area contributed by atoms with E-state index in [2.05, 4.69) is 4.52 Å². The summed E-state index contributed by atoms with van der Waals surface area (Å²) >= 11 is 0. The summed E-state index contributed by atoms with van der Waals surface area (Å²) in [6.45, 7) is 0. The minimum Gasteiger partial charge on any atom is -0.275 e. The first-order chi connectivity index (χ1) is 2.56. The van der Waals surface area contributed by atoms with Crippen molar-refractivity contribution < 1.29 is 17.7 Å². The molecule has 0 spiro atoms. The number of alkyl halides is 3. The highest BCUT2D eigenvalue weighted by Crippen LogP contribution is 2.18. The molecule has 1 atom stereocenters. The minimum absolute atomic E-state index is 0. The predicted octanol–water partition coefficient (Wildman–Crippen LogP) is 2.16. The summed E-state index contributed by atoms with van der Waals surface area (Å²) in [5, 5.41) is 0. The van der Waals surface area contributed by atoms with Crippen molar-refractivity contribution >= 4 is 34.3 Å². The van der Waals surface area contributed by atoms with Crippen LogP contribution < -0.4 is 0 Å². The second kappa shape index (κ2) is 5.89. The summed E-state index contributed by atoms with van der Waals surface area (Å²) < 4.78 is 34.5. The zero-order valence-corrected chi connectivity index (χ0v) is 6.22. The average Bonchev–Trinajstić information content (AvgIpc) is 1.35. The Bertz CT molecular complexity index is 47.0. The lowest BCUT2D eigenvalue weighted by atomic mass is 11.4. The van der Waals surface area contributed by atoms with Crippen molar-refractivity contribution in [3.63, 3.8) is 0 Å². The molecule has 0 fully saturated rings.